The molecular formula is C16H27FN4O2S. The van der Waals surface area contributed by atoms with Crippen LogP contribution in [0, 0.1) is 5.82 Å². The molecule has 0 aromatic heterocycles. The van der Waals surface area contributed by atoms with Gasteiger partial charge in [0, 0.05) is 33.2 Å². The predicted molar refractivity (Wildman–Crippen MR) is 95.9 cm³/mol. The van der Waals surface area contributed by atoms with Crippen LogP contribution in [0.1, 0.15) is 25.8 Å². The Morgan fingerprint density at radius 2 is 1.92 bits per heavy atom. The maximum absolute atomic E-state index is 13.0. The maximum atomic E-state index is 13.0. The van der Waals surface area contributed by atoms with Crippen molar-refractivity contribution in [2.45, 2.75) is 26.8 Å². The second kappa shape index (κ2) is 10.2. The first-order chi connectivity index (χ1) is 11.4. The van der Waals surface area contributed by atoms with E-state index in [1.807, 2.05) is 18.9 Å². The number of sulfonamides is 1. The van der Waals surface area contributed by atoms with Crippen molar-refractivity contribution < 1.29 is 12.8 Å². The van der Waals surface area contributed by atoms with Gasteiger partial charge in [-0.25, -0.2) is 17.5 Å². The van der Waals surface area contributed by atoms with Crippen LogP contribution >= 0.6 is 0 Å². The third-order valence-corrected chi connectivity index (χ3v) is 4.73. The van der Waals surface area contributed by atoms with Crippen molar-refractivity contribution in [2.24, 2.45) is 4.99 Å². The van der Waals surface area contributed by atoms with Crippen molar-refractivity contribution in [1.82, 2.24) is 14.9 Å². The molecule has 0 heterocycles. The van der Waals surface area contributed by atoms with Crippen LogP contribution in [-0.4, -0.2) is 51.7 Å². The van der Waals surface area contributed by atoms with Crippen LogP contribution < -0.4 is 10.0 Å². The summed E-state index contributed by atoms with van der Waals surface area (Å²) in [4.78, 5) is 6.45. The van der Waals surface area contributed by atoms with Crippen LogP contribution in [0.25, 0.3) is 0 Å². The van der Waals surface area contributed by atoms with Crippen molar-refractivity contribution in [2.75, 3.05) is 32.4 Å². The molecular weight excluding hydrogens is 331 g/mol. The summed E-state index contributed by atoms with van der Waals surface area (Å²) in [7, 11) is -1.24. The van der Waals surface area contributed by atoms with Gasteiger partial charge in [-0.1, -0.05) is 12.1 Å². The van der Waals surface area contributed by atoms with Gasteiger partial charge in [0.2, 0.25) is 10.0 Å². The van der Waals surface area contributed by atoms with Gasteiger partial charge in [0.05, 0.1) is 5.75 Å². The Balaban J connectivity index is 2.53. The van der Waals surface area contributed by atoms with Gasteiger partial charge >= 0.3 is 0 Å². The zero-order chi connectivity index (χ0) is 18.0. The van der Waals surface area contributed by atoms with E-state index in [-0.39, 0.29) is 11.6 Å². The molecule has 0 atom stereocenters. The molecule has 0 aliphatic carbocycles. The zero-order valence-electron chi connectivity index (χ0n) is 14.5. The van der Waals surface area contributed by atoms with E-state index in [9.17, 15) is 12.8 Å². The number of halogens is 1. The lowest BCUT2D eigenvalue weighted by atomic mass is 10.2. The molecule has 0 amide bonds. The number of nitrogens with one attached hydrogen (secondary N) is 2. The minimum atomic E-state index is -3.15. The Bertz CT molecular complexity index is 617. The highest BCUT2D eigenvalue weighted by atomic mass is 32.2. The first-order valence-corrected chi connectivity index (χ1v) is 9.74. The highest BCUT2D eigenvalue weighted by Gasteiger charge is 2.07. The summed E-state index contributed by atoms with van der Waals surface area (Å²) in [6.07, 6.45) is 0.624. The molecule has 136 valence electrons. The van der Waals surface area contributed by atoms with Gasteiger partial charge in [-0.05, 0) is 38.0 Å². The van der Waals surface area contributed by atoms with E-state index < -0.39 is 10.0 Å². The Morgan fingerprint density at radius 1 is 1.25 bits per heavy atom. The molecule has 0 fully saturated rings. The smallest absolute Gasteiger partial charge is 0.211 e. The molecule has 0 aliphatic heterocycles. The molecule has 2 N–H and O–H groups in total. The lowest BCUT2D eigenvalue weighted by Crippen LogP contribution is -2.38. The number of guanidine groups is 1. The van der Waals surface area contributed by atoms with Crippen LogP contribution in [0.15, 0.2) is 29.3 Å². The highest BCUT2D eigenvalue weighted by Crippen LogP contribution is 2.05. The number of benzene rings is 1. The van der Waals surface area contributed by atoms with E-state index in [1.165, 1.54) is 12.1 Å². The second-order valence-electron chi connectivity index (χ2n) is 5.37. The number of aliphatic imine (C=N–C) groups is 1. The second-order valence-corrected chi connectivity index (χ2v) is 7.47. The summed E-state index contributed by atoms with van der Waals surface area (Å²) in [6.45, 7) is 5.82. The van der Waals surface area contributed by atoms with Crippen molar-refractivity contribution in [1.29, 1.82) is 0 Å². The van der Waals surface area contributed by atoms with E-state index in [0.717, 1.165) is 18.1 Å². The van der Waals surface area contributed by atoms with Gasteiger partial charge in [-0.15, -0.1) is 0 Å². The van der Waals surface area contributed by atoms with Crippen LogP contribution in [0.5, 0.6) is 0 Å². The van der Waals surface area contributed by atoms with E-state index in [2.05, 4.69) is 15.0 Å². The van der Waals surface area contributed by atoms with Gasteiger partial charge in [-0.3, -0.25) is 4.99 Å². The molecule has 0 bridgehead atoms. The van der Waals surface area contributed by atoms with Gasteiger partial charge in [-0.2, -0.15) is 0 Å². The van der Waals surface area contributed by atoms with Crippen LogP contribution in [0.3, 0.4) is 0 Å². The van der Waals surface area contributed by atoms with Gasteiger partial charge in [0.15, 0.2) is 5.96 Å². The Hall–Kier alpha value is -1.67. The van der Waals surface area contributed by atoms with Crippen molar-refractivity contribution in [3.8, 4) is 0 Å². The number of nitrogens with zero attached hydrogens (tertiary/aromatic N) is 2. The predicted octanol–water partition coefficient (Wildman–Crippen LogP) is 1.55. The van der Waals surface area contributed by atoms with Crippen molar-refractivity contribution >= 4 is 16.0 Å². The maximum Gasteiger partial charge on any atom is 0.211 e. The average molecular weight is 358 g/mol. The third kappa shape index (κ3) is 7.74. The Morgan fingerprint density at radius 3 is 2.50 bits per heavy atom. The molecule has 1 aromatic rings. The quantitative estimate of drug-likeness (QED) is 0.399. The summed E-state index contributed by atoms with van der Waals surface area (Å²) in [5, 5.41) is 3.20. The molecule has 0 saturated heterocycles. The fourth-order valence-corrected chi connectivity index (χ4v) is 2.66. The molecule has 0 saturated carbocycles. The largest absolute Gasteiger partial charge is 0.357 e. The summed E-state index contributed by atoms with van der Waals surface area (Å²) in [5.74, 6) is 0.566. The molecule has 24 heavy (non-hydrogen) atoms. The monoisotopic (exact) mass is 358 g/mol. The summed E-state index contributed by atoms with van der Waals surface area (Å²) in [6, 6.07) is 6.37. The average Bonchev–Trinajstić information content (AvgIpc) is 2.55. The molecule has 0 unspecified atom stereocenters. The number of hydrogen-bond donors (Lipinski definition) is 2. The summed E-state index contributed by atoms with van der Waals surface area (Å²) in [5.41, 5.74) is 0.986. The topological polar surface area (TPSA) is 73.8 Å². The number of rotatable bonds is 9. The minimum absolute atomic E-state index is 0.0827. The van der Waals surface area contributed by atoms with Gasteiger partial charge in [0.25, 0.3) is 0 Å². The third-order valence-electron chi connectivity index (χ3n) is 3.33. The standard InChI is InChI=1S/C16H27FN4O2S/c1-4-18-16(19-11-6-12-20-24(22,23)5-2)21(3)13-14-7-9-15(17)10-8-14/h7-10,20H,4-6,11-13H2,1-3H3,(H,18,19). The number of hydrogen-bond acceptors (Lipinski definition) is 3. The van der Waals surface area contributed by atoms with Gasteiger partial charge in [0.1, 0.15) is 5.82 Å². The van der Waals surface area contributed by atoms with E-state index >= 15 is 0 Å². The zero-order valence-corrected chi connectivity index (χ0v) is 15.4. The molecule has 0 radical (unpaired) electrons. The normalized spacial score (nSPS) is 12.2. The first kappa shape index (κ1) is 20.4. The highest BCUT2D eigenvalue weighted by molar-refractivity contribution is 7.89. The van der Waals surface area contributed by atoms with Crippen molar-refractivity contribution in [3.05, 3.63) is 35.6 Å². The lowest BCUT2D eigenvalue weighted by molar-refractivity contribution is 0.476. The lowest BCUT2D eigenvalue weighted by Gasteiger charge is -2.22. The fourth-order valence-electron chi connectivity index (χ4n) is 2.00. The first-order valence-electron chi connectivity index (χ1n) is 8.09. The summed E-state index contributed by atoms with van der Waals surface area (Å²) < 4.78 is 38.2. The van der Waals surface area contributed by atoms with E-state index in [0.29, 0.717) is 26.1 Å². The molecule has 6 nitrogen and oxygen atoms in total. The minimum Gasteiger partial charge on any atom is -0.357 e. The fraction of sp³-hybridized carbons (Fsp3) is 0.562. The van der Waals surface area contributed by atoms with Crippen molar-refractivity contribution in [3.63, 3.8) is 0 Å². The van der Waals surface area contributed by atoms with Crippen LogP contribution in [0.2, 0.25) is 0 Å². The molecule has 1 rings (SSSR count). The SMILES string of the molecule is CCNC(=NCCCNS(=O)(=O)CC)N(C)Cc1ccc(F)cc1. The van der Waals surface area contributed by atoms with E-state index in [4.69, 9.17) is 0 Å². The Labute approximate surface area is 144 Å². The molecule has 0 spiro atoms. The van der Waals surface area contributed by atoms with E-state index in [1.54, 1.807) is 19.1 Å². The Kier molecular flexibility index (Phi) is 8.70. The van der Waals surface area contributed by atoms with Crippen LogP contribution in [0.4, 0.5) is 4.39 Å². The van der Waals surface area contributed by atoms with Crippen LogP contribution in [-0.2, 0) is 16.6 Å². The summed E-state index contributed by atoms with van der Waals surface area (Å²) >= 11 is 0. The molecule has 0 aliphatic rings. The molecule has 8 heteroatoms. The van der Waals surface area contributed by atoms with Gasteiger partial charge < -0.3 is 10.2 Å². The molecule has 1 aromatic carbocycles.